The van der Waals surface area contributed by atoms with Gasteiger partial charge in [0.25, 0.3) is 10.0 Å². The Morgan fingerprint density at radius 3 is 2.24 bits per heavy atom. The molecule has 9 heteroatoms. The van der Waals surface area contributed by atoms with Crippen molar-refractivity contribution in [1.82, 2.24) is 5.32 Å². The minimum Gasteiger partial charge on any atom is -0.496 e. The van der Waals surface area contributed by atoms with Crippen molar-refractivity contribution in [2.45, 2.75) is 18.7 Å². The fourth-order valence-corrected chi connectivity index (χ4v) is 4.51. The number of para-hydroxylation sites is 1. The number of benzene rings is 3. The van der Waals surface area contributed by atoms with Gasteiger partial charge in [0.2, 0.25) is 5.91 Å². The summed E-state index contributed by atoms with van der Waals surface area (Å²) in [4.78, 5) is 12.3. The number of rotatable bonds is 7. The van der Waals surface area contributed by atoms with Gasteiger partial charge in [0.15, 0.2) is 5.11 Å². The van der Waals surface area contributed by atoms with Crippen LogP contribution in [-0.2, 0) is 14.8 Å². The highest BCUT2D eigenvalue weighted by Crippen LogP contribution is 2.21. The lowest BCUT2D eigenvalue weighted by Gasteiger charge is -2.11. The Morgan fingerprint density at radius 2 is 1.59 bits per heavy atom. The zero-order chi connectivity index (χ0) is 24.7. The first-order valence-electron chi connectivity index (χ1n) is 10.3. The predicted octanol–water partition coefficient (Wildman–Crippen LogP) is 4.64. The van der Waals surface area contributed by atoms with Crippen molar-refractivity contribution in [3.63, 3.8) is 0 Å². The Bertz CT molecular complexity index is 1310. The summed E-state index contributed by atoms with van der Waals surface area (Å²) in [7, 11) is -2.19. The van der Waals surface area contributed by atoms with E-state index in [1.807, 2.05) is 38.1 Å². The lowest BCUT2D eigenvalue weighted by molar-refractivity contribution is -0.115. The molecule has 0 atom stereocenters. The Morgan fingerprint density at radius 1 is 0.941 bits per heavy atom. The van der Waals surface area contributed by atoms with E-state index in [2.05, 4.69) is 15.4 Å². The van der Waals surface area contributed by atoms with E-state index < -0.39 is 15.9 Å². The van der Waals surface area contributed by atoms with Crippen molar-refractivity contribution in [2.75, 3.05) is 17.1 Å². The van der Waals surface area contributed by atoms with Crippen LogP contribution < -0.4 is 20.1 Å². The molecule has 0 fully saturated rings. The molecule has 0 unspecified atom stereocenters. The smallest absolute Gasteiger partial charge is 0.261 e. The Hall–Kier alpha value is -3.69. The molecule has 0 aliphatic carbocycles. The fourth-order valence-electron chi connectivity index (χ4n) is 3.25. The van der Waals surface area contributed by atoms with E-state index in [1.165, 1.54) is 18.2 Å². The second-order valence-corrected chi connectivity index (χ2v) is 9.62. The van der Waals surface area contributed by atoms with E-state index in [0.29, 0.717) is 17.1 Å². The molecule has 0 spiro atoms. The van der Waals surface area contributed by atoms with Gasteiger partial charge in [-0.1, -0.05) is 24.3 Å². The summed E-state index contributed by atoms with van der Waals surface area (Å²) in [6.07, 6.45) is 2.97. The second kappa shape index (κ2) is 11.0. The van der Waals surface area contributed by atoms with Crippen LogP contribution in [0.15, 0.2) is 77.7 Å². The number of aryl methyl sites for hydroxylation is 2. The normalized spacial score (nSPS) is 11.1. The molecule has 0 saturated carbocycles. The first-order chi connectivity index (χ1) is 16.2. The van der Waals surface area contributed by atoms with E-state index in [9.17, 15) is 13.2 Å². The molecule has 0 aromatic heterocycles. The van der Waals surface area contributed by atoms with Crippen LogP contribution in [0.25, 0.3) is 6.08 Å². The van der Waals surface area contributed by atoms with Crippen molar-refractivity contribution in [3.8, 4) is 5.75 Å². The number of anilines is 2. The summed E-state index contributed by atoms with van der Waals surface area (Å²) in [5, 5.41) is 5.49. The highest BCUT2D eigenvalue weighted by atomic mass is 32.2. The molecule has 176 valence electrons. The van der Waals surface area contributed by atoms with Gasteiger partial charge in [-0.3, -0.25) is 14.8 Å². The molecular formula is C25H25N3O4S2. The molecule has 3 rings (SSSR count). The topological polar surface area (TPSA) is 96.5 Å². The van der Waals surface area contributed by atoms with Crippen molar-refractivity contribution in [3.05, 3.63) is 89.5 Å². The van der Waals surface area contributed by atoms with Gasteiger partial charge >= 0.3 is 0 Å². The van der Waals surface area contributed by atoms with Gasteiger partial charge in [0.1, 0.15) is 5.75 Å². The number of hydrogen-bond donors (Lipinski definition) is 3. The maximum Gasteiger partial charge on any atom is 0.261 e. The van der Waals surface area contributed by atoms with Crippen molar-refractivity contribution >= 4 is 50.7 Å². The van der Waals surface area contributed by atoms with Crippen LogP contribution in [0, 0.1) is 13.8 Å². The van der Waals surface area contributed by atoms with Gasteiger partial charge in [-0.15, -0.1) is 0 Å². The van der Waals surface area contributed by atoms with Gasteiger partial charge in [-0.05, 0) is 85.7 Å². The molecule has 3 aromatic rings. The maximum atomic E-state index is 12.7. The third-order valence-electron chi connectivity index (χ3n) is 4.69. The van der Waals surface area contributed by atoms with E-state index in [-0.39, 0.29) is 10.0 Å². The molecule has 0 heterocycles. The molecule has 0 aliphatic heterocycles. The molecule has 0 bridgehead atoms. The molecule has 34 heavy (non-hydrogen) atoms. The molecule has 1 amide bonds. The van der Waals surface area contributed by atoms with Crippen LogP contribution in [0.5, 0.6) is 5.75 Å². The van der Waals surface area contributed by atoms with E-state index in [4.69, 9.17) is 17.0 Å². The SMILES string of the molecule is COc1ccccc1/C=C/C(=O)NC(=S)Nc1ccc(S(=O)(=O)Nc2cc(C)cc(C)c2)cc1. The fraction of sp³-hybridized carbons (Fsp3) is 0.120. The minimum atomic E-state index is -3.75. The molecule has 0 radical (unpaired) electrons. The number of carbonyl (C=O) groups excluding carboxylic acids is 1. The number of methoxy groups -OCH3 is 1. The number of ether oxygens (including phenoxy) is 1. The predicted molar refractivity (Wildman–Crippen MR) is 140 cm³/mol. The van der Waals surface area contributed by atoms with Crippen molar-refractivity contribution in [2.24, 2.45) is 0 Å². The quantitative estimate of drug-likeness (QED) is 0.326. The van der Waals surface area contributed by atoms with Gasteiger partial charge in [-0.2, -0.15) is 0 Å². The van der Waals surface area contributed by atoms with Crippen LogP contribution in [-0.4, -0.2) is 26.5 Å². The minimum absolute atomic E-state index is 0.0821. The average molecular weight is 496 g/mol. The molecule has 0 aliphatic rings. The summed E-state index contributed by atoms with van der Waals surface area (Å²) in [5.74, 6) is 0.231. The number of carbonyl (C=O) groups is 1. The zero-order valence-electron chi connectivity index (χ0n) is 19.0. The van der Waals surface area contributed by atoms with Gasteiger partial charge in [0.05, 0.1) is 12.0 Å². The first kappa shape index (κ1) is 24.9. The lowest BCUT2D eigenvalue weighted by Crippen LogP contribution is -2.32. The lowest BCUT2D eigenvalue weighted by atomic mass is 10.1. The zero-order valence-corrected chi connectivity index (χ0v) is 20.6. The monoisotopic (exact) mass is 495 g/mol. The molecular weight excluding hydrogens is 470 g/mol. The number of amides is 1. The third kappa shape index (κ3) is 6.90. The van der Waals surface area contributed by atoms with Gasteiger partial charge < -0.3 is 10.1 Å². The van der Waals surface area contributed by atoms with Crippen LogP contribution in [0.2, 0.25) is 0 Å². The largest absolute Gasteiger partial charge is 0.496 e. The number of thiocarbonyl (C=S) groups is 1. The van der Waals surface area contributed by atoms with E-state index >= 15 is 0 Å². The highest BCUT2D eigenvalue weighted by molar-refractivity contribution is 7.92. The van der Waals surface area contributed by atoms with Crippen LogP contribution in [0.3, 0.4) is 0 Å². The van der Waals surface area contributed by atoms with Crippen LogP contribution in [0.1, 0.15) is 16.7 Å². The Kier molecular flexibility index (Phi) is 8.04. The second-order valence-electron chi connectivity index (χ2n) is 7.52. The maximum absolute atomic E-state index is 12.7. The average Bonchev–Trinajstić information content (AvgIpc) is 2.77. The first-order valence-corrected chi connectivity index (χ1v) is 12.2. The van der Waals surface area contributed by atoms with E-state index in [1.54, 1.807) is 43.5 Å². The standard InChI is InChI=1S/C25H25N3O4S2/c1-17-14-18(2)16-21(15-17)28-34(30,31)22-11-9-20(10-12-22)26-25(33)27-24(29)13-8-19-6-4-5-7-23(19)32-3/h4-16,28H,1-3H3,(H2,26,27,29,33)/b13-8+. The van der Waals surface area contributed by atoms with Crippen LogP contribution >= 0.6 is 12.2 Å². The Balaban J connectivity index is 1.59. The van der Waals surface area contributed by atoms with Crippen molar-refractivity contribution < 1.29 is 17.9 Å². The summed E-state index contributed by atoms with van der Waals surface area (Å²) >= 11 is 5.18. The molecule has 3 N–H and O–H groups in total. The van der Waals surface area contributed by atoms with E-state index in [0.717, 1.165) is 16.7 Å². The summed E-state index contributed by atoms with van der Waals surface area (Å²) < 4.78 is 33.3. The summed E-state index contributed by atoms with van der Waals surface area (Å²) in [6.45, 7) is 3.81. The summed E-state index contributed by atoms with van der Waals surface area (Å²) in [5.41, 5.74) is 3.72. The highest BCUT2D eigenvalue weighted by Gasteiger charge is 2.14. The molecule has 3 aromatic carbocycles. The van der Waals surface area contributed by atoms with Crippen molar-refractivity contribution in [1.29, 1.82) is 0 Å². The van der Waals surface area contributed by atoms with Gasteiger partial charge in [-0.25, -0.2) is 8.42 Å². The molecule has 7 nitrogen and oxygen atoms in total. The third-order valence-corrected chi connectivity index (χ3v) is 6.29. The van der Waals surface area contributed by atoms with Crippen LogP contribution in [0.4, 0.5) is 11.4 Å². The molecule has 0 saturated heterocycles. The Labute approximate surface area is 204 Å². The van der Waals surface area contributed by atoms with Gasteiger partial charge in [0, 0.05) is 23.0 Å². The number of nitrogens with one attached hydrogen (secondary N) is 3. The number of sulfonamides is 1. The summed E-state index contributed by atoms with van der Waals surface area (Å²) in [6, 6.07) is 18.9. The number of hydrogen-bond acceptors (Lipinski definition) is 5.